The van der Waals surface area contributed by atoms with Crippen LogP contribution in [0.2, 0.25) is 10.0 Å². The highest BCUT2D eigenvalue weighted by Crippen LogP contribution is 2.44. The summed E-state index contributed by atoms with van der Waals surface area (Å²) < 4.78 is 6.36. The molecular weight excluding hydrogens is 461 g/mol. The Balaban J connectivity index is 1.62. The van der Waals surface area contributed by atoms with E-state index in [1.807, 2.05) is 54.6 Å². The number of rotatable bonds is 4. The third-order valence-electron chi connectivity index (χ3n) is 5.51. The van der Waals surface area contributed by atoms with Gasteiger partial charge >= 0.3 is 0 Å². The van der Waals surface area contributed by atoms with E-state index in [9.17, 15) is 0 Å². The second-order valence-electron chi connectivity index (χ2n) is 7.64. The number of pyridine rings is 1. The summed E-state index contributed by atoms with van der Waals surface area (Å²) in [6.45, 7) is 2.06. The first kappa shape index (κ1) is 21.0. The molecule has 2 aromatic carbocycles. The predicted molar refractivity (Wildman–Crippen MR) is 133 cm³/mol. The van der Waals surface area contributed by atoms with Crippen molar-refractivity contribution in [1.82, 2.24) is 10.3 Å². The molecule has 0 unspecified atom stereocenters. The SMILES string of the molecule is Cc1cccc(N2C(=S)N[C@@H](c3ccccn3)[C@@H]2c2ccc(-c3cccc(Cl)c3Cl)o2)c1. The summed E-state index contributed by atoms with van der Waals surface area (Å²) in [7, 11) is 0. The van der Waals surface area contributed by atoms with E-state index in [1.165, 1.54) is 0 Å². The number of furan rings is 1. The second-order valence-corrected chi connectivity index (χ2v) is 8.81. The van der Waals surface area contributed by atoms with Crippen molar-refractivity contribution in [3.8, 4) is 11.3 Å². The van der Waals surface area contributed by atoms with Gasteiger partial charge in [-0.05, 0) is 73.2 Å². The Morgan fingerprint density at radius 3 is 2.62 bits per heavy atom. The lowest BCUT2D eigenvalue weighted by molar-refractivity contribution is 0.439. The molecular formula is C25H19Cl2N3OS. The minimum Gasteiger partial charge on any atom is -0.459 e. The maximum Gasteiger partial charge on any atom is 0.174 e. The van der Waals surface area contributed by atoms with Crippen LogP contribution in [0.3, 0.4) is 0 Å². The van der Waals surface area contributed by atoms with Crippen molar-refractivity contribution < 1.29 is 4.42 Å². The summed E-state index contributed by atoms with van der Waals surface area (Å²) in [5.74, 6) is 1.40. The molecule has 4 aromatic rings. The fourth-order valence-corrected chi connectivity index (χ4v) is 4.79. The van der Waals surface area contributed by atoms with Crippen LogP contribution in [0, 0.1) is 6.92 Å². The first-order valence-corrected chi connectivity index (χ1v) is 11.3. The molecule has 1 N–H and O–H groups in total. The highest BCUT2D eigenvalue weighted by atomic mass is 35.5. The molecule has 1 saturated heterocycles. The van der Waals surface area contributed by atoms with Crippen LogP contribution in [-0.2, 0) is 0 Å². The Labute approximate surface area is 201 Å². The van der Waals surface area contributed by atoms with Crippen molar-refractivity contribution >= 4 is 46.2 Å². The number of thiocarbonyl (C=S) groups is 1. The lowest BCUT2D eigenvalue weighted by atomic mass is 10.0. The number of hydrogen-bond donors (Lipinski definition) is 1. The Bertz CT molecular complexity index is 1290. The summed E-state index contributed by atoms with van der Waals surface area (Å²) >= 11 is 18.4. The molecule has 1 aliphatic heterocycles. The molecule has 4 nitrogen and oxygen atoms in total. The van der Waals surface area contributed by atoms with Gasteiger partial charge in [-0.25, -0.2) is 0 Å². The average molecular weight is 480 g/mol. The Kier molecular flexibility index (Phi) is 5.64. The third-order valence-corrected chi connectivity index (χ3v) is 6.65. The standard InChI is InChI=1S/C25H19Cl2N3OS/c1-15-6-4-7-16(14-15)30-24(23(29-25(30)32)19-10-2-3-13-28-19)21-12-11-20(31-21)17-8-5-9-18(26)22(17)27/h2-14,23-24H,1H3,(H,29,32)/t23-,24-/m0/s1. The molecule has 5 rings (SSSR count). The summed E-state index contributed by atoms with van der Waals surface area (Å²) in [4.78, 5) is 6.67. The maximum absolute atomic E-state index is 6.44. The van der Waals surface area contributed by atoms with Gasteiger partial charge in [0, 0.05) is 17.4 Å². The molecule has 0 saturated carbocycles. The molecule has 32 heavy (non-hydrogen) atoms. The van der Waals surface area contributed by atoms with Gasteiger partial charge in [-0.2, -0.15) is 0 Å². The van der Waals surface area contributed by atoms with Crippen molar-refractivity contribution in [1.29, 1.82) is 0 Å². The molecule has 1 fully saturated rings. The molecule has 0 aliphatic carbocycles. The molecule has 2 aromatic heterocycles. The number of hydrogen-bond acceptors (Lipinski definition) is 3. The van der Waals surface area contributed by atoms with Gasteiger partial charge in [-0.1, -0.05) is 47.5 Å². The normalized spacial score (nSPS) is 18.1. The van der Waals surface area contributed by atoms with E-state index < -0.39 is 0 Å². The van der Waals surface area contributed by atoms with Crippen LogP contribution in [0.4, 0.5) is 5.69 Å². The van der Waals surface area contributed by atoms with Gasteiger partial charge in [0.2, 0.25) is 0 Å². The monoisotopic (exact) mass is 479 g/mol. The van der Waals surface area contributed by atoms with Gasteiger partial charge in [-0.3, -0.25) is 4.98 Å². The first-order chi connectivity index (χ1) is 15.5. The largest absolute Gasteiger partial charge is 0.459 e. The molecule has 160 valence electrons. The van der Waals surface area contributed by atoms with E-state index in [0.29, 0.717) is 20.9 Å². The van der Waals surface area contributed by atoms with Crippen molar-refractivity contribution in [2.75, 3.05) is 4.90 Å². The maximum atomic E-state index is 6.44. The van der Waals surface area contributed by atoms with Crippen LogP contribution < -0.4 is 10.2 Å². The highest BCUT2D eigenvalue weighted by Gasteiger charge is 2.42. The lowest BCUT2D eigenvalue weighted by Gasteiger charge is -2.26. The summed E-state index contributed by atoms with van der Waals surface area (Å²) in [5, 5.41) is 5.01. The Morgan fingerprint density at radius 2 is 1.84 bits per heavy atom. The van der Waals surface area contributed by atoms with Crippen molar-refractivity contribution in [3.63, 3.8) is 0 Å². The van der Waals surface area contributed by atoms with E-state index in [1.54, 1.807) is 12.3 Å². The molecule has 2 atom stereocenters. The van der Waals surface area contributed by atoms with E-state index in [2.05, 4.69) is 34.3 Å². The molecule has 3 heterocycles. The topological polar surface area (TPSA) is 41.3 Å². The molecule has 7 heteroatoms. The van der Waals surface area contributed by atoms with Gasteiger partial charge in [0.25, 0.3) is 0 Å². The van der Waals surface area contributed by atoms with Crippen molar-refractivity contribution in [2.45, 2.75) is 19.0 Å². The number of benzene rings is 2. The van der Waals surface area contributed by atoms with E-state index >= 15 is 0 Å². The number of nitrogens with one attached hydrogen (secondary N) is 1. The zero-order chi connectivity index (χ0) is 22.2. The lowest BCUT2D eigenvalue weighted by Crippen LogP contribution is -2.29. The number of aromatic nitrogens is 1. The van der Waals surface area contributed by atoms with E-state index in [0.717, 1.165) is 28.3 Å². The fourth-order valence-electron chi connectivity index (χ4n) is 4.05. The number of nitrogens with zero attached hydrogens (tertiary/aromatic N) is 2. The van der Waals surface area contributed by atoms with Crippen LogP contribution in [0.5, 0.6) is 0 Å². The third kappa shape index (κ3) is 3.77. The fraction of sp³-hybridized carbons (Fsp3) is 0.120. The zero-order valence-electron chi connectivity index (χ0n) is 17.1. The minimum absolute atomic E-state index is 0.182. The predicted octanol–water partition coefficient (Wildman–Crippen LogP) is 7.13. The Morgan fingerprint density at radius 1 is 1.00 bits per heavy atom. The number of aryl methyl sites for hydroxylation is 1. The minimum atomic E-state index is -0.231. The first-order valence-electron chi connectivity index (χ1n) is 10.1. The van der Waals surface area contributed by atoms with Gasteiger partial charge in [0.1, 0.15) is 17.6 Å². The number of halogens is 2. The second kappa shape index (κ2) is 8.58. The van der Waals surface area contributed by atoms with Crippen LogP contribution in [0.15, 0.2) is 83.4 Å². The van der Waals surface area contributed by atoms with Gasteiger partial charge in [0.15, 0.2) is 5.11 Å². The van der Waals surface area contributed by atoms with Gasteiger partial charge in [0.05, 0.1) is 21.8 Å². The summed E-state index contributed by atoms with van der Waals surface area (Å²) in [6, 6.07) is 23.1. The highest BCUT2D eigenvalue weighted by molar-refractivity contribution is 7.80. The Hall–Kier alpha value is -2.86. The van der Waals surface area contributed by atoms with Crippen LogP contribution in [0.1, 0.15) is 29.1 Å². The summed E-state index contributed by atoms with van der Waals surface area (Å²) in [6.07, 6.45) is 1.78. The van der Waals surface area contributed by atoms with Gasteiger partial charge < -0.3 is 14.6 Å². The zero-order valence-corrected chi connectivity index (χ0v) is 19.5. The number of anilines is 1. The quantitative estimate of drug-likeness (QED) is 0.315. The molecule has 0 bridgehead atoms. The van der Waals surface area contributed by atoms with E-state index in [4.69, 9.17) is 39.8 Å². The van der Waals surface area contributed by atoms with Crippen molar-refractivity contribution in [3.05, 3.63) is 106 Å². The summed E-state index contributed by atoms with van der Waals surface area (Å²) in [5.41, 5.74) is 3.77. The smallest absolute Gasteiger partial charge is 0.174 e. The molecule has 0 spiro atoms. The van der Waals surface area contributed by atoms with Crippen LogP contribution in [0.25, 0.3) is 11.3 Å². The van der Waals surface area contributed by atoms with Crippen molar-refractivity contribution in [2.24, 2.45) is 0 Å². The van der Waals surface area contributed by atoms with Crippen LogP contribution in [-0.4, -0.2) is 10.1 Å². The van der Waals surface area contributed by atoms with Gasteiger partial charge in [-0.15, -0.1) is 0 Å². The molecule has 0 radical (unpaired) electrons. The van der Waals surface area contributed by atoms with E-state index in [-0.39, 0.29) is 12.1 Å². The molecule has 0 amide bonds. The van der Waals surface area contributed by atoms with Crippen LogP contribution >= 0.6 is 35.4 Å². The average Bonchev–Trinajstić information content (AvgIpc) is 3.41. The molecule has 1 aliphatic rings.